The predicted molar refractivity (Wildman–Crippen MR) is 122 cm³/mol. The van der Waals surface area contributed by atoms with Crippen LogP contribution < -0.4 is 5.32 Å². The lowest BCUT2D eigenvalue weighted by molar-refractivity contribution is -0.143. The Balaban J connectivity index is 1.35. The quantitative estimate of drug-likeness (QED) is 0.340. The van der Waals surface area contributed by atoms with Gasteiger partial charge in [-0.2, -0.15) is 0 Å². The molecule has 2 aromatic heterocycles. The van der Waals surface area contributed by atoms with Gasteiger partial charge < -0.3 is 10.1 Å². The third-order valence-electron chi connectivity index (χ3n) is 4.62. The molecule has 0 radical (unpaired) electrons. The molecule has 5 nitrogen and oxygen atoms in total. The minimum atomic E-state index is -0.600. The first-order valence-corrected chi connectivity index (χ1v) is 10.7. The van der Waals surface area contributed by atoms with Crippen molar-refractivity contribution in [2.45, 2.75) is 6.04 Å². The van der Waals surface area contributed by atoms with Gasteiger partial charge in [0, 0.05) is 16.3 Å². The summed E-state index contributed by atoms with van der Waals surface area (Å²) in [7, 11) is 0. The van der Waals surface area contributed by atoms with E-state index in [0.29, 0.717) is 5.69 Å². The number of nitrogens with zero attached hydrogens (tertiary/aromatic N) is 1. The topological polar surface area (TPSA) is 68.3 Å². The highest BCUT2D eigenvalue weighted by atomic mass is 32.1. The fourth-order valence-corrected chi connectivity index (χ4v) is 3.94. The van der Waals surface area contributed by atoms with E-state index in [0.717, 1.165) is 21.3 Å². The largest absolute Gasteiger partial charge is 0.452 e. The molecule has 0 saturated carbocycles. The van der Waals surface area contributed by atoms with Crippen LogP contribution in [0.15, 0.2) is 90.3 Å². The van der Waals surface area contributed by atoms with Gasteiger partial charge in [-0.3, -0.25) is 4.79 Å². The Morgan fingerprint density at radius 3 is 2.58 bits per heavy atom. The summed E-state index contributed by atoms with van der Waals surface area (Å²) in [5.74, 6) is -0.967. The summed E-state index contributed by atoms with van der Waals surface area (Å²) in [4.78, 5) is 30.0. The van der Waals surface area contributed by atoms with Crippen LogP contribution in [0, 0.1) is 0 Å². The number of carbonyl (C=O) groups is 2. The number of pyridine rings is 1. The zero-order chi connectivity index (χ0) is 21.5. The van der Waals surface area contributed by atoms with Crippen molar-refractivity contribution < 1.29 is 14.3 Å². The van der Waals surface area contributed by atoms with E-state index in [1.165, 1.54) is 6.08 Å². The van der Waals surface area contributed by atoms with Crippen LogP contribution >= 0.6 is 11.3 Å². The van der Waals surface area contributed by atoms with E-state index in [9.17, 15) is 9.59 Å². The normalized spacial score (nSPS) is 12.0. The van der Waals surface area contributed by atoms with Crippen LogP contribution in [0.2, 0.25) is 0 Å². The number of rotatable bonds is 7. The first kappa shape index (κ1) is 20.5. The highest BCUT2D eigenvalue weighted by Crippen LogP contribution is 2.25. The number of benzene rings is 2. The highest BCUT2D eigenvalue weighted by Gasteiger charge is 2.18. The van der Waals surface area contributed by atoms with E-state index in [-0.39, 0.29) is 18.6 Å². The molecule has 2 heterocycles. The standard InChI is InChI=1S/C25H20N2O3S/c28-23(27-25(22-11-6-16-31-22)19-8-2-1-3-9-19)17-30-24(29)15-14-20-13-12-18-7-4-5-10-21(18)26-20/h1-16,25H,17H2,(H,27,28)/b15-14+. The molecule has 0 aliphatic rings. The fourth-order valence-electron chi connectivity index (χ4n) is 3.14. The zero-order valence-corrected chi connectivity index (χ0v) is 17.4. The number of nitrogens with one attached hydrogen (secondary N) is 1. The molecule has 1 amide bonds. The predicted octanol–water partition coefficient (Wildman–Crippen LogP) is 4.76. The maximum atomic E-state index is 12.4. The summed E-state index contributed by atoms with van der Waals surface area (Å²) in [6, 6.07) is 24.8. The van der Waals surface area contributed by atoms with Crippen LogP contribution in [-0.2, 0) is 14.3 Å². The molecule has 154 valence electrons. The fraction of sp³-hybridized carbons (Fsp3) is 0.0800. The summed E-state index contributed by atoms with van der Waals surface area (Å²) in [5, 5.41) is 5.93. The molecular weight excluding hydrogens is 408 g/mol. The Bertz CT molecular complexity index is 1200. The molecule has 0 aliphatic heterocycles. The average molecular weight is 429 g/mol. The molecule has 1 N–H and O–H groups in total. The van der Waals surface area contributed by atoms with Crippen LogP contribution in [0.1, 0.15) is 22.2 Å². The van der Waals surface area contributed by atoms with Crippen molar-refractivity contribution in [1.29, 1.82) is 0 Å². The molecule has 31 heavy (non-hydrogen) atoms. The van der Waals surface area contributed by atoms with Crippen molar-refractivity contribution in [3.05, 3.63) is 106 Å². The zero-order valence-electron chi connectivity index (χ0n) is 16.6. The maximum absolute atomic E-state index is 12.4. The van der Waals surface area contributed by atoms with E-state index in [2.05, 4.69) is 10.3 Å². The number of hydrogen-bond acceptors (Lipinski definition) is 5. The second kappa shape index (κ2) is 9.82. The number of amides is 1. The van der Waals surface area contributed by atoms with E-state index < -0.39 is 5.97 Å². The van der Waals surface area contributed by atoms with Gasteiger partial charge in [0.1, 0.15) is 0 Å². The molecule has 6 heteroatoms. The smallest absolute Gasteiger partial charge is 0.331 e. The number of para-hydroxylation sites is 1. The van der Waals surface area contributed by atoms with Gasteiger partial charge in [-0.1, -0.05) is 60.7 Å². The van der Waals surface area contributed by atoms with E-state index in [4.69, 9.17) is 4.74 Å². The van der Waals surface area contributed by atoms with Gasteiger partial charge in [0.05, 0.1) is 17.3 Å². The van der Waals surface area contributed by atoms with Crippen LogP contribution in [-0.4, -0.2) is 23.5 Å². The Labute approximate surface area is 184 Å². The number of esters is 1. The number of ether oxygens (including phenoxy) is 1. The molecule has 0 spiro atoms. The van der Waals surface area contributed by atoms with Gasteiger partial charge in [-0.15, -0.1) is 11.3 Å². The van der Waals surface area contributed by atoms with Crippen molar-refractivity contribution in [1.82, 2.24) is 10.3 Å². The summed E-state index contributed by atoms with van der Waals surface area (Å²) >= 11 is 1.56. The van der Waals surface area contributed by atoms with Gasteiger partial charge in [0.2, 0.25) is 0 Å². The summed E-state index contributed by atoms with van der Waals surface area (Å²) in [5.41, 5.74) is 2.45. The first-order chi connectivity index (χ1) is 15.2. The van der Waals surface area contributed by atoms with Crippen LogP contribution in [0.4, 0.5) is 0 Å². The van der Waals surface area contributed by atoms with Crippen LogP contribution in [0.25, 0.3) is 17.0 Å². The molecule has 0 saturated heterocycles. The number of hydrogen-bond donors (Lipinski definition) is 1. The average Bonchev–Trinajstić information content (AvgIpc) is 3.35. The Morgan fingerprint density at radius 2 is 1.77 bits per heavy atom. The number of fused-ring (bicyclic) bond motifs is 1. The molecule has 1 unspecified atom stereocenters. The van der Waals surface area contributed by atoms with Gasteiger partial charge in [0.25, 0.3) is 5.91 Å². The molecule has 4 aromatic rings. The van der Waals surface area contributed by atoms with Gasteiger partial charge in [-0.25, -0.2) is 9.78 Å². The Hall–Kier alpha value is -3.77. The van der Waals surface area contributed by atoms with Gasteiger partial charge >= 0.3 is 5.97 Å². The highest BCUT2D eigenvalue weighted by molar-refractivity contribution is 7.10. The van der Waals surface area contributed by atoms with E-state index in [1.54, 1.807) is 17.4 Å². The summed E-state index contributed by atoms with van der Waals surface area (Å²) < 4.78 is 5.10. The van der Waals surface area contributed by atoms with Crippen LogP contribution in [0.3, 0.4) is 0 Å². The van der Waals surface area contributed by atoms with E-state index in [1.807, 2.05) is 84.2 Å². The van der Waals surface area contributed by atoms with Crippen molar-refractivity contribution in [3.8, 4) is 0 Å². The van der Waals surface area contributed by atoms with E-state index >= 15 is 0 Å². The summed E-state index contributed by atoms with van der Waals surface area (Å²) in [6.07, 6.45) is 2.85. The monoisotopic (exact) mass is 428 g/mol. The molecule has 0 fully saturated rings. The number of thiophene rings is 1. The number of aromatic nitrogens is 1. The molecule has 2 aromatic carbocycles. The van der Waals surface area contributed by atoms with Crippen molar-refractivity contribution in [2.75, 3.05) is 6.61 Å². The summed E-state index contributed by atoms with van der Waals surface area (Å²) in [6.45, 7) is -0.358. The Kier molecular flexibility index (Phi) is 6.50. The third kappa shape index (κ3) is 5.43. The third-order valence-corrected chi connectivity index (χ3v) is 5.56. The molecule has 1 atom stereocenters. The second-order valence-electron chi connectivity index (χ2n) is 6.80. The minimum absolute atomic E-state index is 0.287. The first-order valence-electron chi connectivity index (χ1n) is 9.77. The SMILES string of the molecule is O=C(COC(=O)/C=C/c1ccc2ccccc2n1)NC(c1ccccc1)c1cccs1. The second-order valence-corrected chi connectivity index (χ2v) is 7.78. The number of carbonyl (C=O) groups excluding carboxylic acids is 2. The van der Waals surface area contributed by atoms with Gasteiger partial charge in [-0.05, 0) is 35.2 Å². The Morgan fingerprint density at radius 1 is 0.968 bits per heavy atom. The molecular formula is C25H20N2O3S. The van der Waals surface area contributed by atoms with Crippen molar-refractivity contribution in [2.24, 2.45) is 0 Å². The van der Waals surface area contributed by atoms with Crippen molar-refractivity contribution in [3.63, 3.8) is 0 Å². The lowest BCUT2D eigenvalue weighted by atomic mass is 10.1. The van der Waals surface area contributed by atoms with Crippen molar-refractivity contribution >= 4 is 40.2 Å². The molecule has 0 bridgehead atoms. The maximum Gasteiger partial charge on any atom is 0.331 e. The lowest BCUT2D eigenvalue weighted by Crippen LogP contribution is -2.32. The minimum Gasteiger partial charge on any atom is -0.452 e. The molecule has 0 aliphatic carbocycles. The molecule has 4 rings (SSSR count). The van der Waals surface area contributed by atoms with Crippen LogP contribution in [0.5, 0.6) is 0 Å². The lowest BCUT2D eigenvalue weighted by Gasteiger charge is -2.18. The van der Waals surface area contributed by atoms with Gasteiger partial charge in [0.15, 0.2) is 6.61 Å².